The van der Waals surface area contributed by atoms with Gasteiger partial charge in [0.15, 0.2) is 5.78 Å². The van der Waals surface area contributed by atoms with Crippen LogP contribution < -0.4 is 11.2 Å². The second kappa shape index (κ2) is 9.24. The van der Waals surface area contributed by atoms with Crippen LogP contribution in [0.3, 0.4) is 0 Å². The maximum Gasteiger partial charge on any atom is 0.220 e. The molecule has 1 aromatic heterocycles. The van der Waals surface area contributed by atoms with Crippen molar-refractivity contribution in [3.05, 3.63) is 64.8 Å². The minimum Gasteiger partial charge on any atom is -0.368 e. The number of aryl methyl sites for hydroxylation is 1. The summed E-state index contributed by atoms with van der Waals surface area (Å²) in [7, 11) is 0. The smallest absolute Gasteiger partial charge is 0.220 e. The van der Waals surface area contributed by atoms with Crippen LogP contribution in [0.15, 0.2) is 48.5 Å². The highest BCUT2D eigenvalue weighted by Crippen LogP contribution is 2.28. The predicted octanol–water partition coefficient (Wildman–Crippen LogP) is 5.45. The Morgan fingerprint density at radius 1 is 1.19 bits per heavy atom. The maximum absolute atomic E-state index is 11.7. The first-order valence-corrected chi connectivity index (χ1v) is 9.38. The van der Waals surface area contributed by atoms with E-state index < -0.39 is 0 Å². The molecule has 3 N–H and O–H groups in total. The molecule has 142 valence electrons. The molecule has 0 aliphatic carbocycles. The molecule has 27 heavy (non-hydrogen) atoms. The number of halogens is 1. The van der Waals surface area contributed by atoms with Crippen molar-refractivity contribution in [2.24, 2.45) is 0 Å². The number of imidazole rings is 1. The van der Waals surface area contributed by atoms with E-state index in [1.165, 1.54) is 0 Å². The lowest BCUT2D eigenvalue weighted by Crippen LogP contribution is -2.14. The largest absolute Gasteiger partial charge is 0.368 e. The van der Waals surface area contributed by atoms with E-state index in [1.807, 2.05) is 57.2 Å². The molecule has 0 radical (unpaired) electrons. The van der Waals surface area contributed by atoms with Crippen molar-refractivity contribution in [2.75, 3.05) is 11.2 Å². The Morgan fingerprint density at radius 3 is 2.52 bits per heavy atom. The van der Waals surface area contributed by atoms with Crippen molar-refractivity contribution in [1.82, 2.24) is 9.66 Å². The molecule has 2 aromatic carbocycles. The average Bonchev–Trinajstić information content (AvgIpc) is 2.99. The summed E-state index contributed by atoms with van der Waals surface area (Å²) < 4.78 is 1.73. The van der Waals surface area contributed by atoms with Gasteiger partial charge in [-0.05, 0) is 37.6 Å². The van der Waals surface area contributed by atoms with Gasteiger partial charge in [-0.3, -0.25) is 10.2 Å². The summed E-state index contributed by atoms with van der Waals surface area (Å²) in [5, 5.41) is 0.625. The Balaban J connectivity index is 0.00000126. The van der Waals surface area contributed by atoms with Crippen molar-refractivity contribution in [1.29, 1.82) is 0 Å². The highest BCUT2D eigenvalue weighted by Gasteiger charge is 2.17. The van der Waals surface area contributed by atoms with Gasteiger partial charge in [0.2, 0.25) is 5.95 Å². The first-order valence-electron chi connectivity index (χ1n) is 9.00. The molecular formula is C21H25ClN4O. The zero-order valence-corrected chi connectivity index (χ0v) is 16.8. The third-order valence-corrected chi connectivity index (χ3v) is 4.15. The molecule has 0 spiro atoms. The molecule has 0 amide bonds. The van der Waals surface area contributed by atoms with Gasteiger partial charge >= 0.3 is 0 Å². The zero-order chi connectivity index (χ0) is 20.0. The van der Waals surface area contributed by atoms with Gasteiger partial charge < -0.3 is 5.73 Å². The fraction of sp³-hybridized carbons (Fsp3) is 0.238. The summed E-state index contributed by atoms with van der Waals surface area (Å²) in [4.78, 5) is 16.2. The first-order chi connectivity index (χ1) is 13.0. The van der Waals surface area contributed by atoms with Crippen molar-refractivity contribution < 1.29 is 4.79 Å². The lowest BCUT2D eigenvalue weighted by molar-refractivity contribution is 0.101. The molecule has 3 rings (SSSR count). The average molecular weight is 385 g/mol. The summed E-state index contributed by atoms with van der Waals surface area (Å²) in [6.07, 6.45) is 0.716. The third kappa shape index (κ3) is 4.68. The third-order valence-electron chi connectivity index (χ3n) is 3.92. The lowest BCUT2D eigenvalue weighted by atomic mass is 10.0. The number of hydrogen-bond donors (Lipinski definition) is 2. The van der Waals surface area contributed by atoms with Gasteiger partial charge in [-0.25, -0.2) is 9.66 Å². The van der Waals surface area contributed by atoms with Crippen LogP contribution in [0.25, 0.3) is 11.3 Å². The SMILES string of the molecule is CC.CCc1nc(N)n(Nc2cccc(Cl)c2)c1-c1cccc(C(C)=O)c1. The summed E-state index contributed by atoms with van der Waals surface area (Å²) in [6.45, 7) is 7.57. The lowest BCUT2D eigenvalue weighted by Gasteiger charge is -2.14. The molecule has 0 saturated carbocycles. The molecule has 6 heteroatoms. The van der Waals surface area contributed by atoms with Gasteiger partial charge in [-0.15, -0.1) is 0 Å². The van der Waals surface area contributed by atoms with Gasteiger partial charge in [-0.1, -0.05) is 56.6 Å². The van der Waals surface area contributed by atoms with E-state index in [1.54, 1.807) is 23.7 Å². The normalized spacial score (nSPS) is 10.1. The molecule has 5 nitrogen and oxygen atoms in total. The van der Waals surface area contributed by atoms with Crippen LogP contribution >= 0.6 is 11.6 Å². The van der Waals surface area contributed by atoms with E-state index in [2.05, 4.69) is 10.4 Å². The van der Waals surface area contributed by atoms with E-state index in [-0.39, 0.29) is 5.78 Å². The number of nitrogens with zero attached hydrogens (tertiary/aromatic N) is 2. The quantitative estimate of drug-likeness (QED) is 0.573. The minimum atomic E-state index is 0.0155. The Hall–Kier alpha value is -2.79. The van der Waals surface area contributed by atoms with E-state index in [9.17, 15) is 4.79 Å². The topological polar surface area (TPSA) is 72.9 Å². The second-order valence-electron chi connectivity index (χ2n) is 5.71. The van der Waals surface area contributed by atoms with Gasteiger partial charge in [0, 0.05) is 16.1 Å². The van der Waals surface area contributed by atoms with Crippen LogP contribution in [0.5, 0.6) is 0 Å². The number of nitrogens with two attached hydrogens (primary N) is 1. The number of rotatable bonds is 5. The number of nitrogens with one attached hydrogen (secondary N) is 1. The molecule has 1 heterocycles. The Labute approximate surface area is 165 Å². The number of anilines is 2. The first kappa shape index (κ1) is 20.5. The highest BCUT2D eigenvalue weighted by molar-refractivity contribution is 6.30. The van der Waals surface area contributed by atoms with Crippen molar-refractivity contribution in [3.8, 4) is 11.3 Å². The Morgan fingerprint density at radius 2 is 1.89 bits per heavy atom. The predicted molar refractivity (Wildman–Crippen MR) is 113 cm³/mol. The van der Waals surface area contributed by atoms with Gasteiger partial charge in [0.25, 0.3) is 0 Å². The van der Waals surface area contributed by atoms with Crippen LogP contribution in [-0.2, 0) is 6.42 Å². The van der Waals surface area contributed by atoms with Crippen LogP contribution in [-0.4, -0.2) is 15.4 Å². The van der Waals surface area contributed by atoms with E-state index >= 15 is 0 Å². The molecule has 0 aliphatic heterocycles. The number of carbonyl (C=O) groups excluding carboxylic acids is 1. The van der Waals surface area contributed by atoms with Crippen LogP contribution in [0.1, 0.15) is 43.7 Å². The Kier molecular flexibility index (Phi) is 7.02. The van der Waals surface area contributed by atoms with Crippen LogP contribution in [0, 0.1) is 0 Å². The molecule has 0 aliphatic rings. The number of carbonyl (C=O) groups is 1. The number of nitrogen functional groups attached to an aromatic ring is 1. The molecule has 0 unspecified atom stereocenters. The monoisotopic (exact) mass is 384 g/mol. The Bertz CT molecular complexity index is 934. The van der Waals surface area contributed by atoms with Gasteiger partial charge in [-0.2, -0.15) is 0 Å². The van der Waals surface area contributed by atoms with E-state index in [0.29, 0.717) is 23.0 Å². The van der Waals surface area contributed by atoms with Crippen molar-refractivity contribution in [3.63, 3.8) is 0 Å². The number of Topliss-reactive ketones (excluding diaryl/α,β-unsaturated/α-hetero) is 1. The molecular weight excluding hydrogens is 360 g/mol. The van der Waals surface area contributed by atoms with Crippen LogP contribution in [0.4, 0.5) is 11.6 Å². The van der Waals surface area contributed by atoms with Gasteiger partial charge in [0.05, 0.1) is 17.1 Å². The maximum atomic E-state index is 11.7. The second-order valence-corrected chi connectivity index (χ2v) is 6.15. The fourth-order valence-electron chi connectivity index (χ4n) is 2.71. The molecule has 3 aromatic rings. The number of ketones is 1. The minimum absolute atomic E-state index is 0.0155. The summed E-state index contributed by atoms with van der Waals surface area (Å²) >= 11 is 6.06. The highest BCUT2D eigenvalue weighted by atomic mass is 35.5. The molecule has 0 fully saturated rings. The molecule has 0 bridgehead atoms. The van der Waals surface area contributed by atoms with Crippen molar-refractivity contribution in [2.45, 2.75) is 34.1 Å². The summed E-state index contributed by atoms with van der Waals surface area (Å²) in [5.41, 5.74) is 13.4. The molecule has 0 atom stereocenters. The number of benzene rings is 2. The zero-order valence-electron chi connectivity index (χ0n) is 16.1. The van der Waals surface area contributed by atoms with Crippen LogP contribution in [0.2, 0.25) is 5.02 Å². The standard InChI is InChI=1S/C19H19ClN4O.C2H6/c1-3-17-18(14-7-4-6-13(10-14)12(2)25)24(19(21)22-17)23-16-9-5-8-15(20)11-16;1-2/h4-11,23H,3H2,1-2H3,(H2,21,22);1-2H3. The summed E-state index contributed by atoms with van der Waals surface area (Å²) in [6, 6.07) is 14.8. The van der Waals surface area contributed by atoms with E-state index in [4.69, 9.17) is 17.3 Å². The summed E-state index contributed by atoms with van der Waals surface area (Å²) in [5.74, 6) is 0.363. The molecule has 0 saturated heterocycles. The van der Waals surface area contributed by atoms with E-state index in [0.717, 1.165) is 22.6 Å². The fourth-order valence-corrected chi connectivity index (χ4v) is 2.90. The number of aromatic nitrogens is 2. The van der Waals surface area contributed by atoms with Gasteiger partial charge in [0.1, 0.15) is 0 Å². The number of hydrogen-bond acceptors (Lipinski definition) is 4. The van der Waals surface area contributed by atoms with Crippen molar-refractivity contribution >= 4 is 29.0 Å².